The lowest BCUT2D eigenvalue weighted by atomic mass is 9.84. The normalized spacial score (nSPS) is 29.1. The SMILES string of the molecule is COC1CCC(CCCCN2CCC(C(C)C)CC2)CC1. The number of ether oxygens (including phenoxy) is 1. The van der Waals surface area contributed by atoms with Crippen LogP contribution < -0.4 is 0 Å². The lowest BCUT2D eigenvalue weighted by Crippen LogP contribution is -2.35. The average molecular weight is 296 g/mol. The van der Waals surface area contributed by atoms with Crippen LogP contribution in [0, 0.1) is 17.8 Å². The van der Waals surface area contributed by atoms with Gasteiger partial charge in [0.05, 0.1) is 6.10 Å². The molecule has 0 bridgehead atoms. The highest BCUT2D eigenvalue weighted by atomic mass is 16.5. The van der Waals surface area contributed by atoms with Gasteiger partial charge in [0.1, 0.15) is 0 Å². The Bertz CT molecular complexity index is 263. The fraction of sp³-hybridized carbons (Fsp3) is 1.00. The molecule has 0 aromatic carbocycles. The Labute approximate surface area is 132 Å². The van der Waals surface area contributed by atoms with Crippen molar-refractivity contribution in [2.45, 2.75) is 77.7 Å². The van der Waals surface area contributed by atoms with Gasteiger partial charge in [0.25, 0.3) is 0 Å². The summed E-state index contributed by atoms with van der Waals surface area (Å²) in [5.74, 6) is 2.86. The molecule has 1 saturated heterocycles. The molecule has 0 aromatic rings. The molecule has 2 aliphatic rings. The molecular formula is C19H37NO. The summed E-state index contributed by atoms with van der Waals surface area (Å²) in [5, 5.41) is 0. The standard InChI is InChI=1S/C19H37NO/c1-16(2)18-11-14-20(15-12-18)13-5-4-6-17-7-9-19(21-3)10-8-17/h16-19H,4-15H2,1-3H3. The molecule has 0 radical (unpaired) electrons. The summed E-state index contributed by atoms with van der Waals surface area (Å²) in [4.78, 5) is 2.71. The predicted molar refractivity (Wildman–Crippen MR) is 90.6 cm³/mol. The van der Waals surface area contributed by atoms with Gasteiger partial charge in [0.2, 0.25) is 0 Å². The average Bonchev–Trinajstić information content (AvgIpc) is 2.52. The van der Waals surface area contributed by atoms with Gasteiger partial charge < -0.3 is 9.64 Å². The first kappa shape index (κ1) is 17.3. The molecule has 2 rings (SSSR count). The Morgan fingerprint density at radius 1 is 0.952 bits per heavy atom. The fourth-order valence-electron chi connectivity index (χ4n) is 4.27. The van der Waals surface area contributed by atoms with Gasteiger partial charge in [-0.05, 0) is 82.3 Å². The van der Waals surface area contributed by atoms with Crippen molar-refractivity contribution in [3.63, 3.8) is 0 Å². The molecule has 0 N–H and O–H groups in total. The number of hydrogen-bond acceptors (Lipinski definition) is 2. The number of hydrogen-bond donors (Lipinski definition) is 0. The van der Waals surface area contributed by atoms with Crippen molar-refractivity contribution >= 4 is 0 Å². The zero-order chi connectivity index (χ0) is 15.1. The van der Waals surface area contributed by atoms with Crippen molar-refractivity contribution in [3.8, 4) is 0 Å². The maximum absolute atomic E-state index is 5.46. The first-order valence-electron chi connectivity index (χ1n) is 9.44. The molecule has 1 heterocycles. The molecule has 124 valence electrons. The van der Waals surface area contributed by atoms with E-state index in [-0.39, 0.29) is 0 Å². The third-order valence-corrected chi connectivity index (χ3v) is 6.04. The smallest absolute Gasteiger partial charge is 0.0571 e. The zero-order valence-corrected chi connectivity index (χ0v) is 14.7. The molecule has 2 heteroatoms. The van der Waals surface area contributed by atoms with Crippen LogP contribution in [0.4, 0.5) is 0 Å². The van der Waals surface area contributed by atoms with E-state index in [0.717, 1.165) is 17.8 Å². The number of nitrogens with zero attached hydrogens (tertiary/aromatic N) is 1. The summed E-state index contributed by atoms with van der Waals surface area (Å²) in [5.41, 5.74) is 0. The van der Waals surface area contributed by atoms with Crippen molar-refractivity contribution < 1.29 is 4.74 Å². The van der Waals surface area contributed by atoms with Gasteiger partial charge in [0, 0.05) is 7.11 Å². The summed E-state index contributed by atoms with van der Waals surface area (Å²) in [6.45, 7) is 8.82. The highest BCUT2D eigenvalue weighted by Crippen LogP contribution is 2.29. The van der Waals surface area contributed by atoms with Crippen LogP contribution in [0.2, 0.25) is 0 Å². The van der Waals surface area contributed by atoms with Crippen LogP contribution in [0.5, 0.6) is 0 Å². The van der Waals surface area contributed by atoms with Gasteiger partial charge in [-0.2, -0.15) is 0 Å². The second-order valence-electron chi connectivity index (χ2n) is 7.80. The quantitative estimate of drug-likeness (QED) is 0.630. The second kappa shape index (κ2) is 9.15. The summed E-state index contributed by atoms with van der Waals surface area (Å²) >= 11 is 0. The molecule has 0 atom stereocenters. The van der Waals surface area contributed by atoms with E-state index >= 15 is 0 Å². The minimum absolute atomic E-state index is 0.559. The lowest BCUT2D eigenvalue weighted by molar-refractivity contribution is 0.0549. The second-order valence-corrected chi connectivity index (χ2v) is 7.80. The van der Waals surface area contributed by atoms with Crippen LogP contribution in [0.3, 0.4) is 0 Å². The van der Waals surface area contributed by atoms with Crippen LogP contribution in [-0.2, 0) is 4.74 Å². The molecule has 1 saturated carbocycles. The van der Waals surface area contributed by atoms with E-state index in [9.17, 15) is 0 Å². The Morgan fingerprint density at radius 3 is 2.19 bits per heavy atom. The van der Waals surface area contributed by atoms with Crippen molar-refractivity contribution in [2.75, 3.05) is 26.7 Å². The molecule has 1 aliphatic carbocycles. The minimum Gasteiger partial charge on any atom is -0.381 e. The molecule has 0 spiro atoms. The highest BCUT2D eigenvalue weighted by molar-refractivity contribution is 4.75. The van der Waals surface area contributed by atoms with Crippen LogP contribution in [0.15, 0.2) is 0 Å². The van der Waals surface area contributed by atoms with Gasteiger partial charge in [-0.1, -0.05) is 26.7 Å². The Kier molecular flexibility index (Phi) is 7.53. The largest absolute Gasteiger partial charge is 0.381 e. The van der Waals surface area contributed by atoms with E-state index in [2.05, 4.69) is 18.7 Å². The minimum atomic E-state index is 0.559. The number of methoxy groups -OCH3 is 1. The van der Waals surface area contributed by atoms with E-state index < -0.39 is 0 Å². The molecule has 2 fully saturated rings. The van der Waals surface area contributed by atoms with E-state index in [1.54, 1.807) is 0 Å². The van der Waals surface area contributed by atoms with Gasteiger partial charge in [-0.15, -0.1) is 0 Å². The van der Waals surface area contributed by atoms with Crippen LogP contribution in [-0.4, -0.2) is 37.7 Å². The van der Waals surface area contributed by atoms with E-state index in [1.165, 1.54) is 77.4 Å². The first-order chi connectivity index (χ1) is 10.2. The highest BCUT2D eigenvalue weighted by Gasteiger charge is 2.22. The summed E-state index contributed by atoms with van der Waals surface area (Å²) in [6.07, 6.45) is 13.1. The molecule has 1 aliphatic heterocycles. The number of likely N-dealkylation sites (tertiary alicyclic amines) is 1. The lowest BCUT2D eigenvalue weighted by Gasteiger charge is -2.34. The maximum Gasteiger partial charge on any atom is 0.0571 e. The monoisotopic (exact) mass is 295 g/mol. The predicted octanol–water partition coefficient (Wildman–Crippen LogP) is 4.73. The van der Waals surface area contributed by atoms with E-state index in [4.69, 9.17) is 4.74 Å². The van der Waals surface area contributed by atoms with Gasteiger partial charge in [0.15, 0.2) is 0 Å². The van der Waals surface area contributed by atoms with Crippen molar-refractivity contribution in [1.29, 1.82) is 0 Å². The van der Waals surface area contributed by atoms with E-state index in [0.29, 0.717) is 6.10 Å². The summed E-state index contributed by atoms with van der Waals surface area (Å²) < 4.78 is 5.46. The summed E-state index contributed by atoms with van der Waals surface area (Å²) in [6, 6.07) is 0. The molecule has 0 unspecified atom stereocenters. The number of piperidine rings is 1. The molecule has 21 heavy (non-hydrogen) atoms. The van der Waals surface area contributed by atoms with Crippen LogP contribution in [0.1, 0.15) is 71.6 Å². The Balaban J connectivity index is 1.49. The third kappa shape index (κ3) is 5.90. The van der Waals surface area contributed by atoms with Gasteiger partial charge in [-0.25, -0.2) is 0 Å². The van der Waals surface area contributed by atoms with Gasteiger partial charge >= 0.3 is 0 Å². The molecule has 2 nitrogen and oxygen atoms in total. The summed E-state index contributed by atoms with van der Waals surface area (Å²) in [7, 11) is 1.87. The van der Waals surface area contributed by atoms with Crippen molar-refractivity contribution in [1.82, 2.24) is 4.90 Å². The van der Waals surface area contributed by atoms with E-state index in [1.807, 2.05) is 7.11 Å². The maximum atomic E-state index is 5.46. The number of rotatable bonds is 7. The Morgan fingerprint density at radius 2 is 1.62 bits per heavy atom. The third-order valence-electron chi connectivity index (χ3n) is 6.04. The van der Waals surface area contributed by atoms with Crippen molar-refractivity contribution in [2.24, 2.45) is 17.8 Å². The molecule has 0 aromatic heterocycles. The zero-order valence-electron chi connectivity index (χ0n) is 14.7. The van der Waals surface area contributed by atoms with Crippen molar-refractivity contribution in [3.05, 3.63) is 0 Å². The van der Waals surface area contributed by atoms with Crippen LogP contribution >= 0.6 is 0 Å². The topological polar surface area (TPSA) is 12.5 Å². The number of unbranched alkanes of at least 4 members (excludes halogenated alkanes) is 1. The molecular weight excluding hydrogens is 258 g/mol. The Hall–Kier alpha value is -0.0800. The molecule has 0 amide bonds. The van der Waals surface area contributed by atoms with Gasteiger partial charge in [-0.3, -0.25) is 0 Å². The fourth-order valence-corrected chi connectivity index (χ4v) is 4.27. The first-order valence-corrected chi connectivity index (χ1v) is 9.44. The van der Waals surface area contributed by atoms with Crippen LogP contribution in [0.25, 0.3) is 0 Å².